The van der Waals surface area contributed by atoms with Crippen molar-refractivity contribution in [1.82, 2.24) is 14.9 Å². The number of hydrogen-bond acceptors (Lipinski definition) is 7. The van der Waals surface area contributed by atoms with E-state index in [1.54, 1.807) is 0 Å². The fourth-order valence-electron chi connectivity index (χ4n) is 3.93. The predicted octanol–water partition coefficient (Wildman–Crippen LogP) is 3.09. The van der Waals surface area contributed by atoms with E-state index in [1.165, 1.54) is 26.4 Å². The molecule has 1 aromatic heterocycles. The molecule has 0 bridgehead atoms. The van der Waals surface area contributed by atoms with E-state index in [-0.39, 0.29) is 5.54 Å². The molecule has 1 unspecified atom stereocenters. The number of ether oxygens (including phenoxy) is 1. The molecular formula is C21H27N5O2. The fourth-order valence-corrected chi connectivity index (χ4v) is 3.93. The van der Waals surface area contributed by atoms with Crippen LogP contribution in [0.5, 0.6) is 0 Å². The molecule has 1 aliphatic rings. The summed E-state index contributed by atoms with van der Waals surface area (Å²) in [6, 6.07) is 9.47. The smallest absolute Gasteiger partial charge is 0.329 e. The zero-order valence-corrected chi connectivity index (χ0v) is 16.7. The number of rotatable bonds is 6. The summed E-state index contributed by atoms with van der Waals surface area (Å²) in [6.07, 6.45) is 5.84. The Bertz CT molecular complexity index is 884. The number of carbonyl (C=O) groups is 1. The van der Waals surface area contributed by atoms with Crippen molar-refractivity contribution in [3.63, 3.8) is 0 Å². The van der Waals surface area contributed by atoms with Gasteiger partial charge in [0.15, 0.2) is 11.7 Å². The predicted molar refractivity (Wildman–Crippen MR) is 108 cm³/mol. The van der Waals surface area contributed by atoms with Gasteiger partial charge in [-0.3, -0.25) is 4.79 Å². The maximum Gasteiger partial charge on any atom is 0.329 e. The summed E-state index contributed by atoms with van der Waals surface area (Å²) in [7, 11) is 5.48. The first-order chi connectivity index (χ1) is 13.5. The molecule has 2 aromatic rings. The lowest BCUT2D eigenvalue weighted by atomic mass is 9.80. The lowest BCUT2D eigenvalue weighted by molar-refractivity contribution is -0.141. The molecule has 1 atom stereocenters. The summed E-state index contributed by atoms with van der Waals surface area (Å²) < 4.78 is 4.81. The highest BCUT2D eigenvalue weighted by atomic mass is 16.5. The minimum absolute atomic E-state index is 0.0241. The second-order valence-electron chi connectivity index (χ2n) is 7.56. The highest BCUT2D eigenvalue weighted by Crippen LogP contribution is 2.33. The van der Waals surface area contributed by atoms with Gasteiger partial charge < -0.3 is 15.0 Å². The van der Waals surface area contributed by atoms with Crippen molar-refractivity contribution in [2.75, 3.05) is 33.1 Å². The maximum absolute atomic E-state index is 12.2. The lowest BCUT2D eigenvalue weighted by Gasteiger charge is -2.43. The van der Waals surface area contributed by atoms with Gasteiger partial charge in [-0.2, -0.15) is 5.26 Å². The van der Waals surface area contributed by atoms with Crippen LogP contribution in [0.4, 0.5) is 5.82 Å². The number of likely N-dealkylation sites (N-methyl/N-ethyl adjacent to an activating group) is 1. The van der Waals surface area contributed by atoms with Crippen LogP contribution in [-0.4, -0.2) is 54.1 Å². The van der Waals surface area contributed by atoms with E-state index in [1.807, 2.05) is 30.3 Å². The topological polar surface area (TPSA) is 91.1 Å². The third-order valence-corrected chi connectivity index (χ3v) is 5.75. The number of nitrogens with one attached hydrogen (secondary N) is 1. The van der Waals surface area contributed by atoms with Gasteiger partial charge in [-0.1, -0.05) is 31.4 Å². The number of carbonyl (C=O) groups excluding carboxylic acids is 1. The molecular weight excluding hydrogens is 354 g/mol. The zero-order chi connectivity index (χ0) is 20.1. The molecule has 1 heterocycles. The van der Waals surface area contributed by atoms with Crippen LogP contribution in [0.15, 0.2) is 24.3 Å². The van der Waals surface area contributed by atoms with Gasteiger partial charge in [-0.25, -0.2) is 9.97 Å². The van der Waals surface area contributed by atoms with E-state index in [0.29, 0.717) is 23.6 Å². The van der Waals surface area contributed by atoms with Crippen molar-refractivity contribution in [3.8, 4) is 6.07 Å². The molecule has 148 valence electrons. The molecule has 7 nitrogen and oxygen atoms in total. The molecule has 0 amide bonds. The van der Waals surface area contributed by atoms with E-state index in [2.05, 4.69) is 34.3 Å². The first kappa shape index (κ1) is 20.0. The van der Waals surface area contributed by atoms with Crippen LogP contribution in [0.2, 0.25) is 0 Å². The largest absolute Gasteiger partial charge is 0.468 e. The van der Waals surface area contributed by atoms with Crippen molar-refractivity contribution < 1.29 is 9.53 Å². The molecule has 7 heteroatoms. The highest BCUT2D eigenvalue weighted by Gasteiger charge is 2.35. The number of nitrogens with zero attached hydrogens (tertiary/aromatic N) is 4. The Morgan fingerprint density at radius 3 is 2.46 bits per heavy atom. The number of para-hydroxylation sites is 2. The van der Waals surface area contributed by atoms with Gasteiger partial charge in [-0.05, 0) is 39.1 Å². The summed E-state index contributed by atoms with van der Waals surface area (Å²) in [5.41, 5.74) is 1.71. The highest BCUT2D eigenvalue weighted by molar-refractivity contribution is 5.84. The molecule has 1 aromatic carbocycles. The average molecular weight is 381 g/mol. The normalized spacial score (nSPS) is 17.1. The van der Waals surface area contributed by atoms with Gasteiger partial charge in [0.05, 0.1) is 24.2 Å². The number of esters is 1. The molecule has 1 saturated carbocycles. The van der Waals surface area contributed by atoms with Gasteiger partial charge in [-0.15, -0.1) is 0 Å². The van der Waals surface area contributed by atoms with Gasteiger partial charge in [0.2, 0.25) is 0 Å². The molecule has 3 rings (SSSR count). The van der Waals surface area contributed by atoms with Gasteiger partial charge >= 0.3 is 5.97 Å². The van der Waals surface area contributed by atoms with E-state index in [9.17, 15) is 10.1 Å². The van der Waals surface area contributed by atoms with Crippen LogP contribution < -0.4 is 5.32 Å². The van der Waals surface area contributed by atoms with E-state index < -0.39 is 11.9 Å². The summed E-state index contributed by atoms with van der Waals surface area (Å²) in [5, 5.41) is 13.0. The quantitative estimate of drug-likeness (QED) is 0.769. The zero-order valence-electron chi connectivity index (χ0n) is 16.7. The van der Waals surface area contributed by atoms with Crippen molar-refractivity contribution in [3.05, 3.63) is 30.0 Å². The standard InChI is InChI=1S/C21H27N5O2/c1-26(2)21(11-7-4-8-12-21)14-23-19-18(15(13-22)20(27)28-3)24-16-9-5-6-10-17(16)25-19/h5-6,9-10,15H,4,7-8,11-12,14H2,1-3H3,(H,23,25). The van der Waals surface area contributed by atoms with Crippen molar-refractivity contribution in [2.24, 2.45) is 0 Å². The number of methoxy groups -OCH3 is 1. The van der Waals surface area contributed by atoms with E-state index in [4.69, 9.17) is 4.74 Å². The molecule has 0 spiro atoms. The Morgan fingerprint density at radius 2 is 1.89 bits per heavy atom. The number of anilines is 1. The van der Waals surface area contributed by atoms with Crippen molar-refractivity contribution in [1.29, 1.82) is 5.26 Å². The number of benzene rings is 1. The maximum atomic E-state index is 12.2. The summed E-state index contributed by atoms with van der Waals surface area (Å²) >= 11 is 0. The second-order valence-corrected chi connectivity index (χ2v) is 7.56. The monoisotopic (exact) mass is 381 g/mol. The summed E-state index contributed by atoms with van der Waals surface area (Å²) in [6.45, 7) is 0.680. The first-order valence-corrected chi connectivity index (χ1v) is 9.66. The molecule has 1 N–H and O–H groups in total. The third kappa shape index (κ3) is 3.92. The number of aromatic nitrogens is 2. The number of fused-ring (bicyclic) bond motifs is 1. The van der Waals surface area contributed by atoms with E-state index >= 15 is 0 Å². The Morgan fingerprint density at radius 1 is 1.25 bits per heavy atom. The van der Waals surface area contributed by atoms with E-state index in [0.717, 1.165) is 18.4 Å². The Labute approximate surface area is 165 Å². The van der Waals surface area contributed by atoms with Gasteiger partial charge in [0.1, 0.15) is 5.69 Å². The van der Waals surface area contributed by atoms with Crippen LogP contribution in [0, 0.1) is 11.3 Å². The van der Waals surface area contributed by atoms with Crippen LogP contribution in [0.3, 0.4) is 0 Å². The second kappa shape index (κ2) is 8.53. The van der Waals surface area contributed by atoms with Crippen LogP contribution in [0.1, 0.15) is 43.7 Å². The van der Waals surface area contributed by atoms with Gasteiger partial charge in [0, 0.05) is 12.1 Å². The molecule has 28 heavy (non-hydrogen) atoms. The Kier molecular flexibility index (Phi) is 6.10. The van der Waals surface area contributed by atoms with Gasteiger partial charge in [0.25, 0.3) is 0 Å². The van der Waals surface area contributed by atoms with Crippen LogP contribution >= 0.6 is 0 Å². The average Bonchev–Trinajstić information content (AvgIpc) is 2.73. The van der Waals surface area contributed by atoms with Crippen LogP contribution in [0.25, 0.3) is 11.0 Å². The number of hydrogen-bond donors (Lipinski definition) is 1. The lowest BCUT2D eigenvalue weighted by Crippen LogP contribution is -2.51. The fraction of sp³-hybridized carbons (Fsp3) is 0.524. The van der Waals surface area contributed by atoms with Crippen LogP contribution in [-0.2, 0) is 9.53 Å². The molecule has 1 fully saturated rings. The Hall–Kier alpha value is -2.72. The van der Waals surface area contributed by atoms with Crippen molar-refractivity contribution in [2.45, 2.75) is 43.6 Å². The summed E-state index contributed by atoms with van der Waals surface area (Å²) in [4.78, 5) is 23.7. The minimum Gasteiger partial charge on any atom is -0.468 e. The van der Waals surface area contributed by atoms with Crippen molar-refractivity contribution >= 4 is 22.8 Å². The SMILES string of the molecule is COC(=O)C(C#N)c1nc2ccccc2nc1NCC1(N(C)C)CCCCC1. The number of nitriles is 1. The first-order valence-electron chi connectivity index (χ1n) is 9.66. The third-order valence-electron chi connectivity index (χ3n) is 5.75. The minimum atomic E-state index is -1.12. The molecule has 0 aliphatic heterocycles. The molecule has 1 aliphatic carbocycles. The molecule has 0 radical (unpaired) electrons. The summed E-state index contributed by atoms with van der Waals surface area (Å²) in [5.74, 6) is -1.27. The molecule has 0 saturated heterocycles. The Balaban J connectivity index is 1.99.